The summed E-state index contributed by atoms with van der Waals surface area (Å²) in [6.07, 6.45) is 0. The maximum atomic E-state index is 2.24. The van der Waals surface area contributed by atoms with Crippen LogP contribution in [0, 0.1) is 0 Å². The second-order valence-corrected chi connectivity index (χ2v) is 12.2. The molecular formula is C13H28Ge4. The van der Waals surface area contributed by atoms with Crippen molar-refractivity contribution in [3.05, 3.63) is 30.3 Å². The van der Waals surface area contributed by atoms with Gasteiger partial charge in [0, 0.05) is 0 Å². The van der Waals surface area contributed by atoms with Crippen molar-refractivity contribution in [3.8, 4) is 0 Å². The predicted octanol–water partition coefficient (Wildman–Crippen LogP) is 1.04. The van der Waals surface area contributed by atoms with E-state index in [2.05, 4.69) is 62.1 Å². The van der Waals surface area contributed by atoms with E-state index in [1.54, 1.807) is 0 Å². The molecule has 0 spiro atoms. The monoisotopic (exact) mass is 480 g/mol. The minimum absolute atomic E-state index is 0.625. The first-order chi connectivity index (χ1) is 7.81. The fourth-order valence-corrected chi connectivity index (χ4v) is 0.842. The Bertz CT molecular complexity index is 211. The molecule has 0 aliphatic carbocycles. The van der Waals surface area contributed by atoms with Crippen molar-refractivity contribution >= 4 is 70.5 Å². The maximum absolute atomic E-state index is 2.24. The van der Waals surface area contributed by atoms with E-state index < -0.39 is 0 Å². The molecule has 0 aliphatic heterocycles. The van der Waals surface area contributed by atoms with Gasteiger partial charge in [0.1, 0.15) is 0 Å². The van der Waals surface area contributed by atoms with Crippen LogP contribution in [0.2, 0.25) is 15.3 Å². The van der Waals surface area contributed by atoms with Crippen LogP contribution in [0.25, 0.3) is 0 Å². The van der Waals surface area contributed by atoms with Gasteiger partial charge in [0.05, 0.1) is 0 Å². The van der Waals surface area contributed by atoms with E-state index in [-0.39, 0.29) is 0 Å². The quantitative estimate of drug-likeness (QED) is 0.493. The Morgan fingerprint density at radius 2 is 1.29 bits per heavy atom. The second-order valence-electron chi connectivity index (χ2n) is 4.43. The summed E-state index contributed by atoms with van der Waals surface area (Å²) < 4.78 is 1.95. The number of hydrogen-bond acceptors (Lipinski definition) is 0. The second kappa shape index (κ2) is 17.4. The summed E-state index contributed by atoms with van der Waals surface area (Å²) in [5.41, 5.74) is 0. The third kappa shape index (κ3) is 46.7. The molecule has 6 radical (unpaired) electrons. The molecule has 0 nitrogen and oxygen atoms in total. The standard InChI is InChI=1S/C6H5Ge.C4H11Ge.C2H7Ge.CH5Ge/c7-6-4-2-1-3-5-6;1-4(2,3)5;1-2-3;1-2/h1-5H;5H2,1-3H3;2-3H2,1H3;2H2,1H3. The Hall–Kier alpha value is 1.39. The average molecular weight is 475 g/mol. The Balaban J connectivity index is -0.000000174. The number of hydrogen-bond donors (Lipinski definition) is 0. The van der Waals surface area contributed by atoms with Gasteiger partial charge in [0.2, 0.25) is 0 Å². The summed E-state index contributed by atoms with van der Waals surface area (Å²) in [4.78, 5) is 0. The minimum atomic E-state index is 0.625. The average Bonchev–Trinajstić information content (AvgIpc) is 2.20. The molecule has 0 heterocycles. The fourth-order valence-electron chi connectivity index (χ4n) is 0.438. The van der Waals surface area contributed by atoms with E-state index in [0.717, 1.165) is 0 Å². The van der Waals surface area contributed by atoms with Crippen molar-refractivity contribution in [2.75, 3.05) is 0 Å². The van der Waals surface area contributed by atoms with Crippen molar-refractivity contribution in [2.24, 2.45) is 0 Å². The SMILES string of the molecule is C[CH2][GeH2].C[C](C)(C)[GeH2].[CH3][GeH2].[Ge][c]1ccccc1. The van der Waals surface area contributed by atoms with E-state index in [9.17, 15) is 0 Å². The molecule has 0 unspecified atom stereocenters. The number of benzene rings is 1. The Morgan fingerprint density at radius 1 is 1.06 bits per heavy atom. The Morgan fingerprint density at radius 3 is 1.41 bits per heavy atom. The molecule has 17 heavy (non-hydrogen) atoms. The van der Waals surface area contributed by atoms with Crippen LogP contribution in [0.1, 0.15) is 27.7 Å². The zero-order chi connectivity index (χ0) is 14.3. The van der Waals surface area contributed by atoms with Crippen LogP contribution >= 0.6 is 0 Å². The van der Waals surface area contributed by atoms with Gasteiger partial charge in [-0.2, -0.15) is 0 Å². The van der Waals surface area contributed by atoms with Crippen molar-refractivity contribution in [1.82, 2.24) is 0 Å². The van der Waals surface area contributed by atoms with Gasteiger partial charge < -0.3 is 0 Å². The summed E-state index contributed by atoms with van der Waals surface area (Å²) in [6, 6.07) is 10.3. The van der Waals surface area contributed by atoms with Gasteiger partial charge in [0.25, 0.3) is 0 Å². The van der Waals surface area contributed by atoms with Crippen LogP contribution in [0.5, 0.6) is 0 Å². The zero-order valence-electron chi connectivity index (χ0n) is 12.2. The molecule has 4 heteroatoms. The summed E-state index contributed by atoms with van der Waals surface area (Å²) in [7, 11) is 0. The molecule has 1 aromatic carbocycles. The Kier molecular flexibility index (Phi) is 24.0. The first kappa shape index (κ1) is 23.5. The van der Waals surface area contributed by atoms with E-state index in [0.29, 0.717) is 4.25 Å². The molecule has 0 bridgehead atoms. The molecule has 1 aromatic rings. The van der Waals surface area contributed by atoms with Gasteiger partial charge in [-0.3, -0.25) is 0 Å². The molecule has 1 rings (SSSR count). The van der Waals surface area contributed by atoms with Crippen LogP contribution in [0.4, 0.5) is 0 Å². The van der Waals surface area contributed by atoms with E-state index in [1.165, 1.54) is 59.2 Å². The van der Waals surface area contributed by atoms with E-state index in [4.69, 9.17) is 0 Å². The van der Waals surface area contributed by atoms with Gasteiger partial charge in [-0.25, -0.2) is 0 Å². The molecule has 0 N–H and O–H groups in total. The normalized spacial score (nSPS) is 8.53. The van der Waals surface area contributed by atoms with Crippen molar-refractivity contribution in [3.63, 3.8) is 0 Å². The van der Waals surface area contributed by atoms with Gasteiger partial charge >= 0.3 is 144 Å². The third-order valence-electron chi connectivity index (χ3n) is 0.774. The third-order valence-corrected chi connectivity index (χ3v) is 1.47. The summed E-state index contributed by atoms with van der Waals surface area (Å²) in [5, 5.41) is 1.38. The summed E-state index contributed by atoms with van der Waals surface area (Å²) >= 11 is 6.30. The molecule has 0 saturated carbocycles. The fraction of sp³-hybridized carbons (Fsp3) is 0.538. The predicted molar refractivity (Wildman–Crippen MR) is 93.5 cm³/mol. The van der Waals surface area contributed by atoms with E-state index >= 15 is 0 Å². The first-order valence-corrected chi connectivity index (χ1v) is 13.5. The van der Waals surface area contributed by atoms with Crippen molar-refractivity contribution < 1.29 is 0 Å². The van der Waals surface area contributed by atoms with Crippen LogP contribution in [0.15, 0.2) is 30.3 Å². The van der Waals surface area contributed by atoms with Crippen LogP contribution in [-0.2, 0) is 0 Å². The molecule has 0 aliphatic rings. The van der Waals surface area contributed by atoms with Crippen LogP contribution in [-0.4, -0.2) is 66.1 Å². The zero-order valence-corrected chi connectivity index (χ0v) is 23.2. The van der Waals surface area contributed by atoms with Gasteiger partial charge in [-0.15, -0.1) is 0 Å². The van der Waals surface area contributed by atoms with E-state index in [1.807, 2.05) is 18.2 Å². The molecule has 0 aromatic heterocycles. The molecular weight excluding hydrogens is 447 g/mol. The van der Waals surface area contributed by atoms with Crippen molar-refractivity contribution in [2.45, 2.75) is 43.0 Å². The van der Waals surface area contributed by atoms with Gasteiger partial charge in [0.15, 0.2) is 0 Å². The molecule has 0 saturated heterocycles. The van der Waals surface area contributed by atoms with Gasteiger partial charge in [-0.1, -0.05) is 0 Å². The molecule has 96 valence electrons. The molecule has 0 fully saturated rings. The summed E-state index contributed by atoms with van der Waals surface area (Å²) in [5.74, 6) is 2.12. The van der Waals surface area contributed by atoms with Crippen LogP contribution < -0.4 is 4.40 Å². The summed E-state index contributed by atoms with van der Waals surface area (Å²) in [6.45, 7) is 8.91. The topological polar surface area (TPSA) is 0 Å². The van der Waals surface area contributed by atoms with Crippen LogP contribution in [0.3, 0.4) is 0 Å². The first-order valence-electron chi connectivity index (χ1n) is 5.93. The Labute approximate surface area is 142 Å². The molecule has 0 amide bonds. The van der Waals surface area contributed by atoms with Gasteiger partial charge in [-0.05, 0) is 0 Å². The van der Waals surface area contributed by atoms with Crippen molar-refractivity contribution in [1.29, 1.82) is 0 Å². The number of rotatable bonds is 0. The molecule has 0 atom stereocenters.